The lowest BCUT2D eigenvalue weighted by molar-refractivity contribution is 0.363. The largest absolute Gasteiger partial charge is 0.507 e. The second-order valence-electron chi connectivity index (χ2n) is 8.09. The summed E-state index contributed by atoms with van der Waals surface area (Å²) in [4.78, 5) is 13.3. The van der Waals surface area contributed by atoms with E-state index in [1.54, 1.807) is 6.08 Å². The summed E-state index contributed by atoms with van der Waals surface area (Å²) in [6.45, 7) is 11.2. The van der Waals surface area contributed by atoms with Crippen LogP contribution in [0, 0.1) is 0 Å². The molecule has 3 rings (SSSR count). The van der Waals surface area contributed by atoms with Gasteiger partial charge in [-0.25, -0.2) is 0 Å². The Morgan fingerprint density at radius 1 is 1.17 bits per heavy atom. The van der Waals surface area contributed by atoms with Crippen molar-refractivity contribution in [1.29, 1.82) is 0 Å². The summed E-state index contributed by atoms with van der Waals surface area (Å²) < 4.78 is 11.3. The third-order valence-corrected chi connectivity index (χ3v) is 5.34. The molecule has 0 atom stereocenters. The van der Waals surface area contributed by atoms with Gasteiger partial charge < -0.3 is 24.5 Å². The number of fused-ring (bicyclic) bond motifs is 2. The van der Waals surface area contributed by atoms with E-state index >= 15 is 0 Å². The number of hydrogen-bond donors (Lipinski definition) is 3. The van der Waals surface area contributed by atoms with E-state index in [9.17, 15) is 20.1 Å². The van der Waals surface area contributed by atoms with Crippen molar-refractivity contribution in [3.8, 4) is 23.0 Å². The monoisotopic (exact) mass is 410 g/mol. The lowest BCUT2D eigenvalue weighted by Crippen LogP contribution is -2.15. The molecule has 0 bridgehead atoms. The van der Waals surface area contributed by atoms with Crippen LogP contribution in [0.4, 0.5) is 0 Å². The molecule has 2 aromatic carbocycles. The summed E-state index contributed by atoms with van der Waals surface area (Å²) in [7, 11) is 1.36. The molecular weight excluding hydrogens is 384 g/mol. The Balaban J connectivity index is 2.56. The topological polar surface area (TPSA) is 100 Å². The highest BCUT2D eigenvalue weighted by molar-refractivity contribution is 6.00. The minimum Gasteiger partial charge on any atom is -0.507 e. The standard InChI is InChI=1S/C24H26O6/c1-7-24(4,5)17-15(25)11-10-13-18(26)16-19(27)14(9-8-12(2)3)22(29-6)20(28)23(16)30-21(13)17/h7-8,10-11,25,27-28H,1,9H2,2-6H3. The second kappa shape index (κ2) is 7.44. The predicted molar refractivity (Wildman–Crippen MR) is 118 cm³/mol. The molecule has 30 heavy (non-hydrogen) atoms. The summed E-state index contributed by atoms with van der Waals surface area (Å²) >= 11 is 0. The number of allylic oxidation sites excluding steroid dienone is 3. The third kappa shape index (κ3) is 3.18. The zero-order valence-corrected chi connectivity index (χ0v) is 17.8. The molecule has 6 heteroatoms. The molecule has 3 N–H and O–H groups in total. The number of benzene rings is 2. The highest BCUT2D eigenvalue weighted by atomic mass is 16.5. The number of methoxy groups -OCH3 is 1. The summed E-state index contributed by atoms with van der Waals surface area (Å²) in [5, 5.41) is 32.3. The van der Waals surface area contributed by atoms with Crippen molar-refractivity contribution < 1.29 is 24.5 Å². The first kappa shape index (κ1) is 21.3. The number of ether oxygens (including phenoxy) is 1. The lowest BCUT2D eigenvalue weighted by atomic mass is 9.83. The van der Waals surface area contributed by atoms with Crippen LogP contribution in [0.2, 0.25) is 0 Å². The molecule has 0 aliphatic carbocycles. The van der Waals surface area contributed by atoms with Crippen LogP contribution in [-0.2, 0) is 11.8 Å². The molecule has 0 aliphatic heterocycles. The number of phenols is 3. The summed E-state index contributed by atoms with van der Waals surface area (Å²) in [6.07, 6.45) is 3.75. The lowest BCUT2D eigenvalue weighted by Gasteiger charge is -2.23. The molecule has 3 aromatic rings. The van der Waals surface area contributed by atoms with Gasteiger partial charge in [-0.05, 0) is 32.4 Å². The average Bonchev–Trinajstić information content (AvgIpc) is 2.68. The first-order valence-corrected chi connectivity index (χ1v) is 9.55. The first-order valence-electron chi connectivity index (χ1n) is 9.55. The quantitative estimate of drug-likeness (QED) is 0.309. The molecule has 0 unspecified atom stereocenters. The van der Waals surface area contributed by atoms with E-state index < -0.39 is 10.8 Å². The van der Waals surface area contributed by atoms with E-state index in [1.165, 1.54) is 19.2 Å². The molecule has 0 saturated carbocycles. The van der Waals surface area contributed by atoms with Crippen LogP contribution in [0.5, 0.6) is 23.0 Å². The fraction of sp³-hybridized carbons (Fsp3) is 0.292. The van der Waals surface area contributed by atoms with Crippen LogP contribution < -0.4 is 10.2 Å². The molecule has 0 amide bonds. The van der Waals surface area contributed by atoms with Crippen LogP contribution in [0.1, 0.15) is 38.8 Å². The average molecular weight is 410 g/mol. The second-order valence-corrected chi connectivity index (χ2v) is 8.09. The van der Waals surface area contributed by atoms with E-state index in [1.807, 2.05) is 33.8 Å². The molecule has 6 nitrogen and oxygen atoms in total. The molecule has 0 aliphatic rings. The van der Waals surface area contributed by atoms with Gasteiger partial charge in [0.25, 0.3) is 0 Å². The van der Waals surface area contributed by atoms with Crippen molar-refractivity contribution in [3.05, 3.63) is 57.8 Å². The van der Waals surface area contributed by atoms with Gasteiger partial charge in [-0.2, -0.15) is 0 Å². The summed E-state index contributed by atoms with van der Waals surface area (Å²) in [5.41, 5.74) is 0.342. The van der Waals surface area contributed by atoms with E-state index in [4.69, 9.17) is 9.15 Å². The maximum absolute atomic E-state index is 13.3. The number of rotatable bonds is 5. The highest BCUT2D eigenvalue weighted by Crippen LogP contribution is 2.46. The van der Waals surface area contributed by atoms with Gasteiger partial charge in [-0.15, -0.1) is 6.58 Å². The molecule has 1 aromatic heterocycles. The van der Waals surface area contributed by atoms with Crippen LogP contribution in [-0.4, -0.2) is 22.4 Å². The van der Waals surface area contributed by atoms with Crippen LogP contribution in [0.25, 0.3) is 21.9 Å². The van der Waals surface area contributed by atoms with Crippen molar-refractivity contribution in [3.63, 3.8) is 0 Å². The zero-order valence-electron chi connectivity index (χ0n) is 17.8. The minimum atomic E-state index is -0.724. The van der Waals surface area contributed by atoms with Crippen molar-refractivity contribution in [1.82, 2.24) is 0 Å². The Morgan fingerprint density at radius 2 is 1.83 bits per heavy atom. The van der Waals surface area contributed by atoms with Gasteiger partial charge in [0.15, 0.2) is 11.3 Å². The molecule has 1 heterocycles. The van der Waals surface area contributed by atoms with Crippen molar-refractivity contribution >= 4 is 21.9 Å². The Kier molecular flexibility index (Phi) is 5.29. The van der Waals surface area contributed by atoms with Gasteiger partial charge in [0, 0.05) is 16.5 Å². The van der Waals surface area contributed by atoms with E-state index in [-0.39, 0.29) is 51.4 Å². The predicted octanol–water partition coefficient (Wildman–Crippen LogP) is 5.04. The smallest absolute Gasteiger partial charge is 0.204 e. The Labute approximate surface area is 174 Å². The van der Waals surface area contributed by atoms with Gasteiger partial charge >= 0.3 is 0 Å². The number of hydrogen-bond acceptors (Lipinski definition) is 6. The van der Waals surface area contributed by atoms with Gasteiger partial charge in [0.2, 0.25) is 11.2 Å². The molecule has 0 spiro atoms. The molecule has 158 valence electrons. The maximum Gasteiger partial charge on any atom is 0.204 e. The summed E-state index contributed by atoms with van der Waals surface area (Å²) in [6, 6.07) is 2.85. The van der Waals surface area contributed by atoms with E-state index in [0.29, 0.717) is 11.1 Å². The highest BCUT2D eigenvalue weighted by Gasteiger charge is 2.29. The SMILES string of the molecule is C=CC(C)(C)c1c(O)ccc2c(=O)c3c(O)c(CC=C(C)C)c(OC)c(O)c3oc12. The van der Waals surface area contributed by atoms with Crippen LogP contribution >= 0.6 is 0 Å². The van der Waals surface area contributed by atoms with Gasteiger partial charge in [-0.3, -0.25) is 4.79 Å². The van der Waals surface area contributed by atoms with Crippen molar-refractivity contribution in [2.75, 3.05) is 7.11 Å². The normalized spacial score (nSPS) is 11.6. The zero-order chi connectivity index (χ0) is 22.4. The van der Waals surface area contributed by atoms with Crippen LogP contribution in [0.3, 0.4) is 0 Å². The van der Waals surface area contributed by atoms with E-state index in [0.717, 1.165) is 5.57 Å². The number of aromatic hydroxyl groups is 3. The molecule has 0 radical (unpaired) electrons. The molecule has 0 fully saturated rings. The summed E-state index contributed by atoms with van der Waals surface area (Å²) in [5.74, 6) is -0.715. The first-order chi connectivity index (χ1) is 14.0. The Bertz CT molecular complexity index is 1260. The Hall–Kier alpha value is -3.41. The van der Waals surface area contributed by atoms with Crippen molar-refractivity contribution in [2.45, 2.75) is 39.5 Å². The third-order valence-electron chi connectivity index (χ3n) is 5.34. The van der Waals surface area contributed by atoms with Gasteiger partial charge in [-0.1, -0.05) is 31.6 Å². The molecular formula is C24H26O6. The fourth-order valence-corrected chi connectivity index (χ4v) is 3.57. The van der Waals surface area contributed by atoms with Crippen molar-refractivity contribution in [2.24, 2.45) is 0 Å². The fourth-order valence-electron chi connectivity index (χ4n) is 3.57. The number of phenolic OH excluding ortho intramolecular Hbond substituents is 3. The Morgan fingerprint density at radius 3 is 2.40 bits per heavy atom. The maximum atomic E-state index is 13.3. The van der Waals surface area contributed by atoms with E-state index in [2.05, 4.69) is 6.58 Å². The van der Waals surface area contributed by atoms with Gasteiger partial charge in [0.1, 0.15) is 22.5 Å². The van der Waals surface area contributed by atoms with Gasteiger partial charge in [0.05, 0.1) is 12.5 Å². The van der Waals surface area contributed by atoms with Crippen LogP contribution in [0.15, 0.2) is 45.6 Å². The molecule has 0 saturated heterocycles. The minimum absolute atomic E-state index is 0.0321.